The number of aromatic nitrogens is 2. The van der Waals surface area contributed by atoms with Gasteiger partial charge in [0, 0.05) is 74.0 Å². The van der Waals surface area contributed by atoms with E-state index in [2.05, 4.69) is 10.3 Å². The van der Waals surface area contributed by atoms with Crippen LogP contribution in [0.15, 0.2) is 77.9 Å². The second kappa shape index (κ2) is 14.8. The molecular weight excluding hydrogens is 629 g/mol. The van der Waals surface area contributed by atoms with Crippen molar-refractivity contribution >= 4 is 28.2 Å². The van der Waals surface area contributed by atoms with E-state index in [1.54, 1.807) is 43.5 Å². The zero-order valence-corrected chi connectivity index (χ0v) is 28.6. The molecule has 0 aliphatic heterocycles. The van der Waals surface area contributed by atoms with Crippen LogP contribution in [0.3, 0.4) is 0 Å². The smallest absolute Gasteiger partial charge is 0.268 e. The fourth-order valence-corrected chi connectivity index (χ4v) is 5.58. The highest BCUT2D eigenvalue weighted by atomic mass is 19.1. The number of hydrogen-bond acceptors (Lipinski definition) is 9. The van der Waals surface area contributed by atoms with Crippen LogP contribution in [-0.4, -0.2) is 80.5 Å². The molecule has 0 bridgehead atoms. The number of nitrogens with zero attached hydrogens (tertiary/aromatic N) is 4. The molecule has 1 atom stereocenters. The third kappa shape index (κ3) is 7.66. The largest absolute Gasteiger partial charge is 0.493 e. The van der Waals surface area contributed by atoms with Crippen LogP contribution in [0.2, 0.25) is 0 Å². The monoisotopic (exact) mass is 669 g/mol. The molecule has 0 saturated heterocycles. The number of carbonyl (C=O) groups is 1. The maximum Gasteiger partial charge on any atom is 0.268 e. The van der Waals surface area contributed by atoms with Gasteiger partial charge in [-0.25, -0.2) is 4.39 Å². The molecule has 0 spiro atoms. The fraction of sp³-hybridized carbons (Fsp3) is 0.270. The summed E-state index contributed by atoms with van der Waals surface area (Å²) in [4.78, 5) is 35.8. The summed E-state index contributed by atoms with van der Waals surface area (Å²) >= 11 is 0. The molecule has 0 aliphatic rings. The van der Waals surface area contributed by atoms with Crippen molar-refractivity contribution < 1.29 is 28.5 Å². The van der Waals surface area contributed by atoms with Crippen molar-refractivity contribution in [1.82, 2.24) is 14.5 Å². The summed E-state index contributed by atoms with van der Waals surface area (Å²) in [5.41, 5.74) is 2.58. The Morgan fingerprint density at radius 1 is 0.959 bits per heavy atom. The average Bonchev–Trinajstić information content (AvgIpc) is 3.06. The Kier molecular flexibility index (Phi) is 10.5. The van der Waals surface area contributed by atoms with Crippen molar-refractivity contribution in [3.63, 3.8) is 0 Å². The van der Waals surface area contributed by atoms with Crippen LogP contribution in [0, 0.1) is 12.7 Å². The van der Waals surface area contributed by atoms with Crippen LogP contribution in [-0.2, 0) is 6.42 Å². The van der Waals surface area contributed by atoms with E-state index >= 15 is 4.39 Å². The lowest BCUT2D eigenvalue weighted by Crippen LogP contribution is -2.32. The van der Waals surface area contributed by atoms with Crippen molar-refractivity contribution in [1.29, 1.82) is 0 Å². The van der Waals surface area contributed by atoms with Crippen molar-refractivity contribution in [2.45, 2.75) is 19.4 Å². The lowest BCUT2D eigenvalue weighted by atomic mass is 9.99. The Morgan fingerprint density at radius 2 is 1.65 bits per heavy atom. The van der Waals surface area contributed by atoms with Gasteiger partial charge in [0.05, 0.1) is 25.8 Å². The molecule has 2 heterocycles. The number of anilines is 2. The van der Waals surface area contributed by atoms with E-state index in [1.165, 1.54) is 37.1 Å². The van der Waals surface area contributed by atoms with Crippen LogP contribution >= 0.6 is 0 Å². The predicted octanol–water partition coefficient (Wildman–Crippen LogP) is 5.43. The number of rotatable bonds is 12. The third-order valence-electron chi connectivity index (χ3n) is 8.09. The van der Waals surface area contributed by atoms with Gasteiger partial charge in [-0.2, -0.15) is 0 Å². The second-order valence-corrected chi connectivity index (χ2v) is 12.1. The number of aliphatic hydroxyl groups is 1. The van der Waals surface area contributed by atoms with E-state index in [1.807, 2.05) is 50.1 Å². The highest BCUT2D eigenvalue weighted by molar-refractivity contribution is 6.05. The van der Waals surface area contributed by atoms with E-state index in [0.717, 1.165) is 11.8 Å². The molecular formula is C37H40FN5O6. The highest BCUT2D eigenvalue weighted by Gasteiger charge is 2.23. The average molecular weight is 670 g/mol. The molecule has 0 saturated carbocycles. The molecule has 2 N–H and O–H groups in total. The molecule has 11 nitrogen and oxygen atoms in total. The van der Waals surface area contributed by atoms with Gasteiger partial charge in [0.25, 0.3) is 11.5 Å². The van der Waals surface area contributed by atoms with Gasteiger partial charge in [-0.1, -0.05) is 0 Å². The molecule has 12 heteroatoms. The van der Waals surface area contributed by atoms with Crippen molar-refractivity contribution in [3.8, 4) is 28.7 Å². The Hall–Kier alpha value is -5.46. The number of hydrogen-bond donors (Lipinski definition) is 2. The van der Waals surface area contributed by atoms with Gasteiger partial charge in [-0.15, -0.1) is 0 Å². The Morgan fingerprint density at radius 3 is 2.29 bits per heavy atom. The first-order valence-electron chi connectivity index (χ1n) is 15.5. The molecule has 5 aromatic rings. The summed E-state index contributed by atoms with van der Waals surface area (Å²) < 4.78 is 33.6. The van der Waals surface area contributed by atoms with Gasteiger partial charge >= 0.3 is 0 Å². The quantitative estimate of drug-likeness (QED) is 0.179. The first-order valence-corrected chi connectivity index (χ1v) is 15.5. The molecule has 5 rings (SSSR count). The topological polar surface area (TPSA) is 118 Å². The Balaban J connectivity index is 1.46. The SMILES string of the molecule is COc1cc2nccc(Oc3ccc(NC(=O)c4c(C)c(CC(O)CN(C)C)cn(-c5ccc(N(C)C)cc5)c4=O)cc3F)c2cc1OC. The van der Waals surface area contributed by atoms with Gasteiger partial charge in [-0.05, 0) is 80.7 Å². The number of aliphatic hydroxyl groups excluding tert-OH is 1. The number of likely N-dealkylation sites (N-methyl/N-ethyl adjacent to an activating group) is 1. The summed E-state index contributed by atoms with van der Waals surface area (Å²) in [6, 6.07) is 16.3. The van der Waals surface area contributed by atoms with E-state index in [0.29, 0.717) is 51.5 Å². The number of pyridine rings is 2. The zero-order valence-electron chi connectivity index (χ0n) is 28.6. The van der Waals surface area contributed by atoms with Crippen LogP contribution in [0.4, 0.5) is 15.8 Å². The molecule has 3 aromatic carbocycles. The number of fused-ring (bicyclic) bond motifs is 1. The van der Waals surface area contributed by atoms with Crippen molar-refractivity contribution in [2.24, 2.45) is 0 Å². The number of ether oxygens (including phenoxy) is 3. The minimum absolute atomic E-state index is 0.0862. The van der Waals surface area contributed by atoms with E-state index in [-0.39, 0.29) is 23.4 Å². The fourth-order valence-electron chi connectivity index (χ4n) is 5.58. The summed E-state index contributed by atoms with van der Waals surface area (Å²) in [5, 5.41) is 14.0. The summed E-state index contributed by atoms with van der Waals surface area (Å²) in [6.45, 7) is 2.07. The van der Waals surface area contributed by atoms with Crippen LogP contribution in [0.25, 0.3) is 16.6 Å². The molecule has 0 fully saturated rings. The minimum Gasteiger partial charge on any atom is -0.493 e. The van der Waals surface area contributed by atoms with Gasteiger partial charge in [-0.3, -0.25) is 19.1 Å². The summed E-state index contributed by atoms with van der Waals surface area (Å²) in [5.74, 6) is -0.243. The molecule has 0 aliphatic carbocycles. The first kappa shape index (κ1) is 34.9. The highest BCUT2D eigenvalue weighted by Crippen LogP contribution is 2.37. The molecule has 1 unspecified atom stereocenters. The lowest BCUT2D eigenvalue weighted by molar-refractivity contribution is 0.102. The van der Waals surface area contributed by atoms with E-state index in [4.69, 9.17) is 14.2 Å². The maximum absolute atomic E-state index is 15.5. The van der Waals surface area contributed by atoms with Gasteiger partial charge in [0.2, 0.25) is 0 Å². The first-order chi connectivity index (χ1) is 23.4. The van der Waals surface area contributed by atoms with Crippen LogP contribution < -0.4 is 30.0 Å². The molecule has 1 amide bonds. The van der Waals surface area contributed by atoms with E-state index < -0.39 is 23.4 Å². The van der Waals surface area contributed by atoms with Gasteiger partial charge < -0.3 is 34.4 Å². The Bertz CT molecular complexity index is 2050. The molecule has 49 heavy (non-hydrogen) atoms. The number of halogens is 1. The minimum atomic E-state index is -0.742. The molecule has 256 valence electrons. The van der Waals surface area contributed by atoms with E-state index in [9.17, 15) is 14.7 Å². The number of carbonyl (C=O) groups excluding carboxylic acids is 1. The normalized spacial score (nSPS) is 11.8. The predicted molar refractivity (Wildman–Crippen MR) is 189 cm³/mol. The number of nitrogens with one attached hydrogen (secondary N) is 1. The van der Waals surface area contributed by atoms with Gasteiger partial charge in [0.15, 0.2) is 23.1 Å². The number of amides is 1. The number of benzene rings is 3. The second-order valence-electron chi connectivity index (χ2n) is 12.1. The zero-order chi connectivity index (χ0) is 35.4. The molecule has 0 radical (unpaired) electrons. The third-order valence-corrected chi connectivity index (χ3v) is 8.09. The maximum atomic E-state index is 15.5. The molecule has 2 aromatic heterocycles. The van der Waals surface area contributed by atoms with Crippen LogP contribution in [0.1, 0.15) is 21.5 Å². The summed E-state index contributed by atoms with van der Waals surface area (Å²) in [6.07, 6.45) is 2.67. The van der Waals surface area contributed by atoms with Crippen molar-refractivity contribution in [3.05, 3.63) is 106 Å². The lowest BCUT2D eigenvalue weighted by Gasteiger charge is -2.20. The van der Waals surface area contributed by atoms with Crippen molar-refractivity contribution in [2.75, 3.05) is 59.2 Å². The number of methoxy groups -OCH3 is 2. The summed E-state index contributed by atoms with van der Waals surface area (Å²) in [7, 11) is 10.6. The van der Waals surface area contributed by atoms with Crippen LogP contribution in [0.5, 0.6) is 23.0 Å². The standard InChI is InChI=1S/C37H40FN5O6/c1-22-23(16-27(44)21-41(2)3)20-43(26-11-9-25(10-12-26)42(4)5)37(46)35(22)36(45)40-24-8-13-32(29(38)17-24)49-31-14-15-39-30-19-34(48-7)33(47-6)18-28(30)31/h8-15,17-20,27,44H,16,21H2,1-7H3,(H,40,45). The van der Waals surface area contributed by atoms with Gasteiger partial charge in [0.1, 0.15) is 11.3 Å². The Labute approximate surface area is 284 Å².